The number of aromatic nitrogens is 2. The van der Waals surface area contributed by atoms with Crippen molar-refractivity contribution in [2.24, 2.45) is 5.73 Å². The molecule has 0 spiro atoms. The van der Waals surface area contributed by atoms with E-state index in [4.69, 9.17) is 5.73 Å². The molecule has 2 N–H and O–H groups in total. The van der Waals surface area contributed by atoms with E-state index in [0.717, 1.165) is 18.7 Å². The number of hydrogen-bond acceptors (Lipinski definition) is 2. The summed E-state index contributed by atoms with van der Waals surface area (Å²) in [6, 6.07) is 0.536. The quantitative estimate of drug-likeness (QED) is 0.735. The Morgan fingerprint density at radius 2 is 2.42 bits per heavy atom. The van der Waals surface area contributed by atoms with Crippen molar-refractivity contribution in [2.45, 2.75) is 32.7 Å². The molecule has 0 aliphatic rings. The van der Waals surface area contributed by atoms with Gasteiger partial charge in [-0.3, -0.25) is 0 Å². The van der Waals surface area contributed by atoms with Crippen molar-refractivity contribution in [2.75, 3.05) is 6.54 Å². The molecular formula is C9H17N3. The van der Waals surface area contributed by atoms with Crippen LogP contribution in [-0.4, -0.2) is 16.1 Å². The number of nitrogens with zero attached hydrogens (tertiary/aromatic N) is 2. The van der Waals surface area contributed by atoms with Crippen LogP contribution in [0.5, 0.6) is 0 Å². The van der Waals surface area contributed by atoms with Gasteiger partial charge in [-0.05, 0) is 19.9 Å². The van der Waals surface area contributed by atoms with Crippen LogP contribution in [-0.2, 0) is 6.42 Å². The highest BCUT2D eigenvalue weighted by Crippen LogP contribution is 2.12. The molecule has 0 unspecified atom stereocenters. The second kappa shape index (κ2) is 4.26. The van der Waals surface area contributed by atoms with E-state index in [2.05, 4.69) is 23.4 Å². The van der Waals surface area contributed by atoms with E-state index in [1.165, 1.54) is 0 Å². The van der Waals surface area contributed by atoms with Crippen molar-refractivity contribution >= 4 is 0 Å². The molecule has 0 saturated carbocycles. The molecule has 1 rings (SSSR count). The summed E-state index contributed by atoms with van der Waals surface area (Å²) >= 11 is 0. The van der Waals surface area contributed by atoms with Gasteiger partial charge < -0.3 is 10.3 Å². The maximum Gasteiger partial charge on any atom is 0.110 e. The normalized spacial score (nSPS) is 13.2. The Morgan fingerprint density at radius 1 is 1.67 bits per heavy atom. The molecule has 0 radical (unpaired) electrons. The fourth-order valence-corrected chi connectivity index (χ4v) is 1.26. The van der Waals surface area contributed by atoms with Gasteiger partial charge in [-0.25, -0.2) is 4.98 Å². The predicted octanol–water partition coefficient (Wildman–Crippen LogP) is 1.36. The van der Waals surface area contributed by atoms with Gasteiger partial charge in [0.15, 0.2) is 0 Å². The maximum absolute atomic E-state index is 5.48. The van der Waals surface area contributed by atoms with Gasteiger partial charge in [0.2, 0.25) is 0 Å². The van der Waals surface area contributed by atoms with E-state index in [9.17, 15) is 0 Å². The van der Waals surface area contributed by atoms with E-state index >= 15 is 0 Å². The summed E-state index contributed by atoms with van der Waals surface area (Å²) < 4.78 is 2.20. The third kappa shape index (κ3) is 1.85. The zero-order valence-corrected chi connectivity index (χ0v) is 7.83. The first kappa shape index (κ1) is 9.26. The number of hydrogen-bond donors (Lipinski definition) is 1. The van der Waals surface area contributed by atoms with Crippen LogP contribution in [0, 0.1) is 0 Å². The maximum atomic E-state index is 5.48. The first-order chi connectivity index (χ1) is 5.79. The van der Waals surface area contributed by atoms with Crippen LogP contribution >= 0.6 is 0 Å². The van der Waals surface area contributed by atoms with E-state index in [-0.39, 0.29) is 0 Å². The average molecular weight is 167 g/mol. The number of rotatable bonds is 4. The van der Waals surface area contributed by atoms with Crippen molar-refractivity contribution in [1.29, 1.82) is 0 Å². The molecule has 0 bridgehead atoms. The Kier molecular flexibility index (Phi) is 3.29. The first-order valence-electron chi connectivity index (χ1n) is 4.51. The highest BCUT2D eigenvalue weighted by atomic mass is 15.1. The molecule has 3 nitrogen and oxygen atoms in total. The molecule has 0 aliphatic heterocycles. The molecule has 0 aliphatic carbocycles. The van der Waals surface area contributed by atoms with Gasteiger partial charge in [-0.2, -0.15) is 0 Å². The van der Waals surface area contributed by atoms with Gasteiger partial charge in [-0.15, -0.1) is 0 Å². The van der Waals surface area contributed by atoms with Gasteiger partial charge in [0.1, 0.15) is 5.82 Å². The Hall–Kier alpha value is -0.830. The van der Waals surface area contributed by atoms with E-state index in [0.29, 0.717) is 12.6 Å². The zero-order valence-electron chi connectivity index (χ0n) is 7.83. The highest BCUT2D eigenvalue weighted by Gasteiger charge is 2.06. The van der Waals surface area contributed by atoms with E-state index < -0.39 is 0 Å². The van der Waals surface area contributed by atoms with Crippen LogP contribution in [0.1, 0.15) is 32.1 Å². The third-order valence-corrected chi connectivity index (χ3v) is 2.18. The molecule has 0 saturated heterocycles. The van der Waals surface area contributed by atoms with E-state index in [1.807, 2.05) is 12.4 Å². The van der Waals surface area contributed by atoms with E-state index in [1.54, 1.807) is 0 Å². The molecular weight excluding hydrogens is 150 g/mol. The second-order valence-electron chi connectivity index (χ2n) is 3.05. The summed E-state index contributed by atoms with van der Waals surface area (Å²) in [6.45, 7) is 5.05. The monoisotopic (exact) mass is 167 g/mol. The van der Waals surface area contributed by atoms with Crippen LogP contribution in [0.25, 0.3) is 0 Å². The molecule has 1 aromatic heterocycles. The summed E-state index contributed by atoms with van der Waals surface area (Å²) in [6.07, 6.45) is 5.88. The molecule has 1 aromatic rings. The molecule has 0 aromatic carbocycles. The van der Waals surface area contributed by atoms with Crippen molar-refractivity contribution in [3.8, 4) is 0 Å². The Bertz CT molecular complexity index is 229. The lowest BCUT2D eigenvalue weighted by Crippen LogP contribution is -2.12. The van der Waals surface area contributed by atoms with Crippen LogP contribution in [0.3, 0.4) is 0 Å². The molecule has 1 atom stereocenters. The smallest absolute Gasteiger partial charge is 0.110 e. The Balaban J connectivity index is 2.76. The highest BCUT2D eigenvalue weighted by molar-refractivity contribution is 4.95. The van der Waals surface area contributed by atoms with Gasteiger partial charge in [0, 0.05) is 24.9 Å². The summed E-state index contributed by atoms with van der Waals surface area (Å²) in [5.74, 6) is 1.10. The largest absolute Gasteiger partial charge is 0.332 e. The summed E-state index contributed by atoms with van der Waals surface area (Å²) in [5.41, 5.74) is 5.48. The summed E-state index contributed by atoms with van der Waals surface area (Å²) in [5, 5.41) is 0. The fourth-order valence-electron chi connectivity index (χ4n) is 1.26. The molecule has 0 fully saturated rings. The number of imidazole rings is 1. The Morgan fingerprint density at radius 3 is 3.00 bits per heavy atom. The van der Waals surface area contributed by atoms with Crippen LogP contribution in [0.2, 0.25) is 0 Å². The topological polar surface area (TPSA) is 43.8 Å². The van der Waals surface area contributed by atoms with Gasteiger partial charge in [0.25, 0.3) is 0 Å². The third-order valence-electron chi connectivity index (χ3n) is 2.18. The fraction of sp³-hybridized carbons (Fsp3) is 0.667. The van der Waals surface area contributed by atoms with Gasteiger partial charge in [-0.1, -0.05) is 6.92 Å². The van der Waals surface area contributed by atoms with Crippen LogP contribution in [0.15, 0.2) is 12.4 Å². The standard InChI is InChI=1S/C9H17N3/c1-3-8(2)12-7-6-11-9(12)4-5-10/h6-8H,3-5,10H2,1-2H3/t8-/m0/s1. The SMILES string of the molecule is CC[C@H](C)n1ccnc1CCN. The van der Waals surface area contributed by atoms with Crippen LogP contribution in [0.4, 0.5) is 0 Å². The average Bonchev–Trinajstić information content (AvgIpc) is 2.52. The lowest BCUT2D eigenvalue weighted by atomic mass is 10.2. The summed E-state index contributed by atoms with van der Waals surface area (Å²) in [4.78, 5) is 4.26. The molecule has 0 amide bonds. The van der Waals surface area contributed by atoms with Crippen molar-refractivity contribution in [1.82, 2.24) is 9.55 Å². The zero-order chi connectivity index (χ0) is 8.97. The minimum absolute atomic E-state index is 0.536. The lowest BCUT2D eigenvalue weighted by Gasteiger charge is -2.13. The molecule has 68 valence electrons. The molecule has 3 heteroatoms. The van der Waals surface area contributed by atoms with Crippen molar-refractivity contribution in [3.05, 3.63) is 18.2 Å². The molecule has 1 heterocycles. The predicted molar refractivity (Wildman–Crippen MR) is 50.0 cm³/mol. The lowest BCUT2D eigenvalue weighted by molar-refractivity contribution is 0.508. The van der Waals surface area contributed by atoms with Crippen LogP contribution < -0.4 is 5.73 Å². The van der Waals surface area contributed by atoms with Gasteiger partial charge >= 0.3 is 0 Å². The minimum Gasteiger partial charge on any atom is -0.332 e. The van der Waals surface area contributed by atoms with Gasteiger partial charge in [0.05, 0.1) is 0 Å². The molecule has 12 heavy (non-hydrogen) atoms. The first-order valence-corrected chi connectivity index (χ1v) is 4.51. The summed E-state index contributed by atoms with van der Waals surface area (Å²) in [7, 11) is 0. The Labute approximate surface area is 73.6 Å². The second-order valence-corrected chi connectivity index (χ2v) is 3.05. The van der Waals surface area contributed by atoms with Crippen molar-refractivity contribution < 1.29 is 0 Å². The minimum atomic E-state index is 0.536. The van der Waals surface area contributed by atoms with Crippen molar-refractivity contribution in [3.63, 3.8) is 0 Å². The number of nitrogens with two attached hydrogens (primary N) is 1.